The molecule has 0 aliphatic heterocycles. The predicted octanol–water partition coefficient (Wildman–Crippen LogP) is 2.28. The van der Waals surface area contributed by atoms with Crippen LogP contribution in [-0.2, 0) is 9.53 Å². The van der Waals surface area contributed by atoms with Crippen molar-refractivity contribution >= 4 is 5.97 Å². The quantitative estimate of drug-likeness (QED) is 0.595. The number of hydrogen-bond donors (Lipinski definition) is 0. The maximum Gasteiger partial charge on any atom is 0.311 e. The summed E-state index contributed by atoms with van der Waals surface area (Å²) in [6.45, 7) is 6.24. The van der Waals surface area contributed by atoms with E-state index < -0.39 is 11.8 Å². The summed E-state index contributed by atoms with van der Waals surface area (Å²) in [6, 6.07) is 0. The molecule has 0 aliphatic rings. The van der Waals surface area contributed by atoms with Crippen molar-refractivity contribution in [3.63, 3.8) is 0 Å². The molecule has 0 radical (unpaired) electrons. The first-order valence-corrected chi connectivity index (χ1v) is 3.81. The fourth-order valence-corrected chi connectivity index (χ4v) is 0.400. The van der Waals surface area contributed by atoms with Gasteiger partial charge < -0.3 is 4.74 Å². The van der Waals surface area contributed by atoms with Crippen LogP contribution in [0.25, 0.3) is 0 Å². The second-order valence-electron chi connectivity index (χ2n) is 3.03. The number of alkyl halides is 1. The molecular weight excluding hydrogens is 147 g/mol. The molecule has 0 aromatic rings. The van der Waals surface area contributed by atoms with Crippen molar-refractivity contribution in [2.45, 2.75) is 40.0 Å². The fraction of sp³-hybridized carbons (Fsp3) is 0.875. The van der Waals surface area contributed by atoms with Gasteiger partial charge in [0, 0.05) is 13.3 Å². The van der Waals surface area contributed by atoms with E-state index in [1.165, 1.54) is 6.92 Å². The minimum Gasteiger partial charge on any atom is -0.429 e. The van der Waals surface area contributed by atoms with Gasteiger partial charge in [-0.1, -0.05) is 20.8 Å². The Morgan fingerprint density at radius 1 is 1.64 bits per heavy atom. The third kappa shape index (κ3) is 3.96. The van der Waals surface area contributed by atoms with Crippen molar-refractivity contribution in [2.24, 2.45) is 5.92 Å². The first kappa shape index (κ1) is 10.4. The Labute approximate surface area is 66.7 Å². The molecule has 0 aromatic carbocycles. The van der Waals surface area contributed by atoms with Crippen molar-refractivity contribution in [1.29, 1.82) is 0 Å². The molecule has 0 saturated carbocycles. The van der Waals surface area contributed by atoms with Gasteiger partial charge >= 0.3 is 5.97 Å². The second-order valence-corrected chi connectivity index (χ2v) is 3.03. The number of hydrogen-bond acceptors (Lipinski definition) is 2. The van der Waals surface area contributed by atoms with Crippen LogP contribution in [0.15, 0.2) is 0 Å². The summed E-state index contributed by atoms with van der Waals surface area (Å²) in [5, 5.41) is 0. The van der Waals surface area contributed by atoms with E-state index in [0.29, 0.717) is 0 Å². The van der Waals surface area contributed by atoms with Gasteiger partial charge in [0.05, 0.1) is 5.92 Å². The molecular formula is C8H15FO2. The van der Waals surface area contributed by atoms with E-state index in [1.807, 2.05) is 0 Å². The molecule has 1 atom stereocenters. The van der Waals surface area contributed by atoms with E-state index in [0.717, 1.165) is 0 Å². The van der Waals surface area contributed by atoms with Crippen LogP contribution in [-0.4, -0.2) is 11.8 Å². The lowest BCUT2D eigenvalue weighted by Gasteiger charge is -2.19. The third-order valence-corrected chi connectivity index (χ3v) is 1.42. The van der Waals surface area contributed by atoms with Crippen molar-refractivity contribution < 1.29 is 13.9 Å². The lowest BCUT2D eigenvalue weighted by molar-refractivity contribution is -0.182. The zero-order valence-electron chi connectivity index (χ0n) is 7.48. The Bertz CT molecular complexity index is 141. The number of carbonyl (C=O) groups is 1. The molecule has 0 saturated heterocycles. The summed E-state index contributed by atoms with van der Waals surface area (Å²) in [7, 11) is 0. The van der Waals surface area contributed by atoms with E-state index in [-0.39, 0.29) is 12.3 Å². The van der Waals surface area contributed by atoms with Crippen molar-refractivity contribution in [3.05, 3.63) is 0 Å². The highest BCUT2D eigenvalue weighted by Crippen LogP contribution is 2.18. The standard InChI is InChI=1S/C8H15FO2/c1-5-8(4,9)11-7(10)6(2)3/h6H,5H2,1-4H3. The summed E-state index contributed by atoms with van der Waals surface area (Å²) >= 11 is 0. The Morgan fingerprint density at radius 2 is 2.09 bits per heavy atom. The summed E-state index contributed by atoms with van der Waals surface area (Å²) in [6.07, 6.45) is 0.186. The van der Waals surface area contributed by atoms with Crippen molar-refractivity contribution in [3.8, 4) is 0 Å². The molecule has 11 heavy (non-hydrogen) atoms. The van der Waals surface area contributed by atoms with Crippen LogP contribution in [0.2, 0.25) is 0 Å². The molecule has 0 rings (SSSR count). The molecule has 0 bridgehead atoms. The highest BCUT2D eigenvalue weighted by molar-refractivity contribution is 5.71. The second kappa shape index (κ2) is 3.69. The lowest BCUT2D eigenvalue weighted by Crippen LogP contribution is -2.27. The first-order valence-electron chi connectivity index (χ1n) is 3.81. The minimum absolute atomic E-state index is 0.186. The molecule has 66 valence electrons. The molecule has 0 aromatic heterocycles. The van der Waals surface area contributed by atoms with Gasteiger partial charge in [-0.25, -0.2) is 0 Å². The van der Waals surface area contributed by atoms with Crippen LogP contribution < -0.4 is 0 Å². The van der Waals surface area contributed by atoms with E-state index in [9.17, 15) is 9.18 Å². The lowest BCUT2D eigenvalue weighted by atomic mass is 10.2. The molecule has 3 heteroatoms. The maximum absolute atomic E-state index is 13.0. The average molecular weight is 162 g/mol. The summed E-state index contributed by atoms with van der Waals surface area (Å²) in [5.74, 6) is -2.56. The van der Waals surface area contributed by atoms with Gasteiger partial charge in [0.1, 0.15) is 0 Å². The van der Waals surface area contributed by atoms with Gasteiger partial charge in [-0.3, -0.25) is 4.79 Å². The van der Waals surface area contributed by atoms with Gasteiger partial charge in [0.25, 0.3) is 0 Å². The highest BCUT2D eigenvalue weighted by atomic mass is 19.2. The molecule has 1 unspecified atom stereocenters. The highest BCUT2D eigenvalue weighted by Gasteiger charge is 2.26. The van der Waals surface area contributed by atoms with Gasteiger partial charge in [0.2, 0.25) is 5.85 Å². The predicted molar refractivity (Wildman–Crippen MR) is 40.7 cm³/mol. The molecule has 0 aliphatic carbocycles. The SMILES string of the molecule is CCC(C)(F)OC(=O)C(C)C. The number of halogens is 1. The molecule has 0 spiro atoms. The summed E-state index contributed by atoms with van der Waals surface area (Å²) in [4.78, 5) is 10.9. The number of ether oxygens (including phenoxy) is 1. The first-order chi connectivity index (χ1) is 4.89. The van der Waals surface area contributed by atoms with Crippen LogP contribution in [0.5, 0.6) is 0 Å². The van der Waals surface area contributed by atoms with Crippen molar-refractivity contribution in [1.82, 2.24) is 0 Å². The van der Waals surface area contributed by atoms with Crippen LogP contribution in [0, 0.1) is 5.92 Å². The van der Waals surface area contributed by atoms with Gasteiger partial charge in [0.15, 0.2) is 0 Å². The topological polar surface area (TPSA) is 26.3 Å². The van der Waals surface area contributed by atoms with Crippen LogP contribution in [0.1, 0.15) is 34.1 Å². The number of esters is 1. The van der Waals surface area contributed by atoms with E-state index in [1.54, 1.807) is 20.8 Å². The smallest absolute Gasteiger partial charge is 0.311 e. The molecule has 0 N–H and O–H groups in total. The van der Waals surface area contributed by atoms with Gasteiger partial charge in [-0.05, 0) is 0 Å². The maximum atomic E-state index is 13.0. The minimum atomic E-state index is -1.80. The fourth-order valence-electron chi connectivity index (χ4n) is 0.400. The largest absolute Gasteiger partial charge is 0.429 e. The van der Waals surface area contributed by atoms with Crippen molar-refractivity contribution in [2.75, 3.05) is 0 Å². The van der Waals surface area contributed by atoms with E-state index >= 15 is 0 Å². The Kier molecular flexibility index (Phi) is 3.49. The van der Waals surface area contributed by atoms with Crippen LogP contribution >= 0.6 is 0 Å². The molecule has 0 heterocycles. The van der Waals surface area contributed by atoms with Gasteiger partial charge in [-0.15, -0.1) is 0 Å². The average Bonchev–Trinajstić information content (AvgIpc) is 1.87. The third-order valence-electron chi connectivity index (χ3n) is 1.42. The normalized spacial score (nSPS) is 16.2. The van der Waals surface area contributed by atoms with Crippen LogP contribution in [0.4, 0.5) is 4.39 Å². The monoisotopic (exact) mass is 162 g/mol. The molecule has 0 fully saturated rings. The molecule has 0 amide bonds. The Balaban J connectivity index is 3.94. The zero-order valence-corrected chi connectivity index (χ0v) is 7.48. The zero-order chi connectivity index (χ0) is 9.07. The van der Waals surface area contributed by atoms with Crippen LogP contribution in [0.3, 0.4) is 0 Å². The molecule has 2 nitrogen and oxygen atoms in total. The van der Waals surface area contributed by atoms with E-state index in [2.05, 4.69) is 4.74 Å². The summed E-state index contributed by atoms with van der Waals surface area (Å²) in [5.41, 5.74) is 0. The number of rotatable bonds is 3. The summed E-state index contributed by atoms with van der Waals surface area (Å²) < 4.78 is 17.5. The Morgan fingerprint density at radius 3 is 2.36 bits per heavy atom. The Hall–Kier alpha value is -0.600. The number of carbonyl (C=O) groups excluding carboxylic acids is 1. The van der Waals surface area contributed by atoms with Gasteiger partial charge in [-0.2, -0.15) is 4.39 Å². The van der Waals surface area contributed by atoms with E-state index in [4.69, 9.17) is 0 Å².